The lowest BCUT2D eigenvalue weighted by molar-refractivity contribution is -0.199. The molecule has 114 heavy (non-hydrogen) atoms. The maximum Gasteiger partial charge on any atom is 0.355 e. The second-order valence-electron chi connectivity index (χ2n) is 31.1. The van der Waals surface area contributed by atoms with Crippen LogP contribution in [0.3, 0.4) is 0 Å². The summed E-state index contributed by atoms with van der Waals surface area (Å²) in [5, 5.41) is 45.7. The van der Waals surface area contributed by atoms with Gasteiger partial charge in [-0.3, -0.25) is 62.3 Å². The number of aromatic hydroxyl groups is 2. The Labute approximate surface area is 665 Å². The number of hydroxylamine groups is 2. The number of carbonyl (C=O) groups is 14. The van der Waals surface area contributed by atoms with Gasteiger partial charge >= 0.3 is 5.97 Å². The summed E-state index contributed by atoms with van der Waals surface area (Å²) in [6, 6.07) is 14.4. The number of nitrogens with two attached hydrogens (primary N) is 3. The first-order chi connectivity index (χ1) is 54.2. The molecule has 0 aliphatic carbocycles. The van der Waals surface area contributed by atoms with Crippen molar-refractivity contribution in [2.45, 2.75) is 231 Å². The number of nitrogens with one attached hydrogen (secondary N) is 9. The maximum atomic E-state index is 15.3. The lowest BCUT2D eigenvalue weighted by Gasteiger charge is -2.32. The smallest absolute Gasteiger partial charge is 0.355 e. The third-order valence-corrected chi connectivity index (χ3v) is 20.2. The van der Waals surface area contributed by atoms with Crippen LogP contribution in [0.4, 0.5) is 0 Å². The van der Waals surface area contributed by atoms with E-state index in [4.69, 9.17) is 22.0 Å². The fraction of sp³-hybridized carbons (Fsp3) is 0.537. The Morgan fingerprint density at radius 3 is 1.18 bits per heavy atom. The van der Waals surface area contributed by atoms with E-state index in [-0.39, 0.29) is 133 Å². The van der Waals surface area contributed by atoms with Gasteiger partial charge in [-0.1, -0.05) is 140 Å². The molecule has 0 aromatic heterocycles. The Kier molecular flexibility index (Phi) is 34.8. The van der Waals surface area contributed by atoms with Gasteiger partial charge < -0.3 is 89.9 Å². The molecule has 17 N–H and O–H groups in total. The highest BCUT2D eigenvalue weighted by molar-refractivity contribution is 6.03. The number of likely N-dealkylation sites (tertiary alicyclic amines) is 2. The number of carbonyl (C=O) groups excluding carboxylic acids is 14. The maximum absolute atomic E-state index is 15.3. The molecule has 0 spiro atoms. The molecule has 3 aliphatic rings. The normalized spacial score (nSPS) is 17.5. The summed E-state index contributed by atoms with van der Waals surface area (Å²) in [6.45, 7) is 14.3. The molecule has 0 saturated carbocycles. The number of imide groups is 1. The van der Waals surface area contributed by atoms with E-state index < -0.39 is 167 Å². The van der Waals surface area contributed by atoms with Crippen LogP contribution in [0.1, 0.15) is 155 Å². The first-order valence-corrected chi connectivity index (χ1v) is 39.5. The Bertz CT molecular complexity index is 3950. The van der Waals surface area contributed by atoms with Crippen LogP contribution in [0.25, 0.3) is 0 Å². The molecule has 0 unspecified atom stereocenters. The van der Waals surface area contributed by atoms with Gasteiger partial charge in [-0.25, -0.2) is 4.79 Å². The molecule has 3 aliphatic heterocycles. The highest BCUT2D eigenvalue weighted by atomic mass is 16.7. The minimum atomic E-state index is -1.45. The van der Waals surface area contributed by atoms with Crippen LogP contribution in [0, 0.1) is 23.7 Å². The van der Waals surface area contributed by atoms with Gasteiger partial charge in [0, 0.05) is 45.2 Å². The van der Waals surface area contributed by atoms with E-state index in [1.54, 1.807) is 84.0 Å². The summed E-state index contributed by atoms with van der Waals surface area (Å²) < 4.78 is 0. The van der Waals surface area contributed by atoms with Crippen molar-refractivity contribution >= 4 is 82.8 Å². The van der Waals surface area contributed by atoms with E-state index in [1.165, 1.54) is 46.2 Å². The summed E-state index contributed by atoms with van der Waals surface area (Å²) in [7, 11) is 0. The molecule has 3 heterocycles. The van der Waals surface area contributed by atoms with Gasteiger partial charge in [0.2, 0.25) is 65.0 Å². The molecule has 4 aromatic rings. The van der Waals surface area contributed by atoms with Crippen LogP contribution in [-0.4, -0.2) is 207 Å². The number of nitrogens with zero attached hydrogens (tertiary/aromatic N) is 3. The monoisotopic (exact) mass is 1580 g/mol. The average Bonchev–Trinajstić information content (AvgIpc) is 1.58. The van der Waals surface area contributed by atoms with Gasteiger partial charge in [-0.2, -0.15) is 0 Å². The molecule has 12 atom stereocenters. The van der Waals surface area contributed by atoms with E-state index in [2.05, 4.69) is 47.9 Å². The van der Waals surface area contributed by atoms with Gasteiger partial charge in [0.15, 0.2) is 0 Å². The SMILES string of the molecule is CC(C)C[C@H](NC(=O)[C@H](CCCN)NC(=O)[C@@H](NC(=O)[C@@H](Cc1ccc(O)cc1)NC(=O)[C@@H]1CCCN1C(=O)[C@H](N)Cc1ccccc1)C(C)C)C(=O)N[C@H](Cc1ccccc1)C(=O)N1CCC[C@H]1C(=O)N[C@H](Cc1ccc(O)cc1)C(=O)N[C@H](C(=O)N[C@@H](CCCN)C(=O)N[C@@H](CC(C)C)C(=O)ON1C(=O)CCC1=O)C(C)C. The van der Waals surface area contributed by atoms with Crippen LogP contribution in [0.5, 0.6) is 11.5 Å². The first kappa shape index (κ1) is 90.3. The molecule has 620 valence electrons. The van der Waals surface area contributed by atoms with E-state index >= 15 is 9.59 Å². The highest BCUT2D eigenvalue weighted by Crippen LogP contribution is 2.25. The largest absolute Gasteiger partial charge is 0.508 e. The summed E-state index contributed by atoms with van der Waals surface area (Å²) >= 11 is 0. The van der Waals surface area contributed by atoms with Crippen molar-refractivity contribution < 1.29 is 82.2 Å². The predicted molar refractivity (Wildman–Crippen MR) is 421 cm³/mol. The highest BCUT2D eigenvalue weighted by Gasteiger charge is 2.44. The molecule has 13 amide bonds. The van der Waals surface area contributed by atoms with E-state index in [0.717, 1.165) is 5.56 Å². The van der Waals surface area contributed by atoms with Crippen molar-refractivity contribution in [2.75, 3.05) is 26.2 Å². The Morgan fingerprint density at radius 1 is 0.421 bits per heavy atom. The zero-order chi connectivity index (χ0) is 83.5. The molecule has 32 nitrogen and oxygen atoms in total. The standard InChI is InChI=1S/C82H115N15O17/c1-47(2)41-60(88-71(102)58(23-15-37-83)86-78(109)69(49(5)6)93-74(105)61(44-53-27-31-55(98)32-28-53)89-76(107)65-25-17-39-95(65)80(111)57(85)43-51-19-11-9-12-20-51)73(104)91-63(46-52-21-13-10-14-22-52)81(112)96-40-18-26-66(96)77(108)90-62(45-54-29-33-56(99)34-30-54)75(106)94-70(50(7)8)79(110)87-59(24-16-38-84)72(103)92-64(42-48(3)4)82(113)114-97-67(100)35-36-68(97)101/h9-14,19-22,27-34,47-50,57-66,69-70,98-99H,15-18,23-26,35-46,83-85H2,1-8H3,(H,86,109)(H,87,110)(H,88,102)(H,89,107)(H,90,108)(H,91,104)(H,92,103)(H,93,105)(H,94,106)/t57-,58+,59+,60+,61-,62-,63-,64+,65+,66+,69+,70+/m1/s1. The lowest BCUT2D eigenvalue weighted by atomic mass is 9.99. The number of phenolic OH excluding ortho intramolecular Hbond substituents is 2. The number of hydrogen-bond acceptors (Lipinski definition) is 20. The number of rotatable bonds is 42. The van der Waals surface area contributed by atoms with E-state index in [1.807, 2.05) is 44.2 Å². The quantitative estimate of drug-likeness (QED) is 0.0280. The number of benzene rings is 4. The van der Waals surface area contributed by atoms with Crippen LogP contribution >= 0.6 is 0 Å². The zero-order valence-electron chi connectivity index (χ0n) is 66.4. The van der Waals surface area contributed by atoms with Crippen LogP contribution in [0.2, 0.25) is 0 Å². The van der Waals surface area contributed by atoms with Crippen LogP contribution < -0.4 is 65.1 Å². The van der Waals surface area contributed by atoms with Crippen molar-refractivity contribution in [3.05, 3.63) is 131 Å². The van der Waals surface area contributed by atoms with E-state index in [0.29, 0.717) is 41.0 Å². The molecule has 3 saturated heterocycles. The van der Waals surface area contributed by atoms with Crippen LogP contribution in [-0.2, 0) is 97.6 Å². The zero-order valence-corrected chi connectivity index (χ0v) is 66.4. The topological polar surface area (TPSA) is 485 Å². The van der Waals surface area contributed by atoms with Crippen molar-refractivity contribution in [1.29, 1.82) is 0 Å². The van der Waals surface area contributed by atoms with Gasteiger partial charge in [0.1, 0.15) is 78.0 Å². The van der Waals surface area contributed by atoms with Gasteiger partial charge in [-0.05, 0) is 154 Å². The summed E-state index contributed by atoms with van der Waals surface area (Å²) in [6.07, 6.45) is 1.17. The Morgan fingerprint density at radius 2 is 0.772 bits per heavy atom. The second-order valence-corrected chi connectivity index (χ2v) is 31.1. The molecule has 7 rings (SSSR count). The second kappa shape index (κ2) is 44.0. The van der Waals surface area contributed by atoms with Gasteiger partial charge in [0.05, 0.1) is 6.04 Å². The third-order valence-electron chi connectivity index (χ3n) is 20.2. The molecule has 4 aromatic carbocycles. The summed E-state index contributed by atoms with van der Waals surface area (Å²) in [5.41, 5.74) is 20.7. The number of amides is 13. The molecular formula is C82H115N15O17. The molecule has 32 heteroatoms. The third kappa shape index (κ3) is 26.9. The summed E-state index contributed by atoms with van der Waals surface area (Å²) in [4.78, 5) is 207. The van der Waals surface area contributed by atoms with Crippen molar-refractivity contribution in [2.24, 2.45) is 40.9 Å². The Hall–Kier alpha value is -10.9. The number of phenols is 2. The van der Waals surface area contributed by atoms with Gasteiger partial charge in [-0.15, -0.1) is 5.06 Å². The molecule has 0 radical (unpaired) electrons. The van der Waals surface area contributed by atoms with Crippen molar-refractivity contribution in [3.8, 4) is 11.5 Å². The molecular weight excluding hydrogens is 1470 g/mol. The predicted octanol–water partition coefficient (Wildman–Crippen LogP) is 1.53. The minimum absolute atomic E-state index is 0.0210. The van der Waals surface area contributed by atoms with Gasteiger partial charge in [0.25, 0.3) is 11.8 Å². The lowest BCUT2D eigenvalue weighted by Crippen LogP contribution is -2.61. The van der Waals surface area contributed by atoms with E-state index in [9.17, 15) is 67.7 Å². The fourth-order valence-corrected chi connectivity index (χ4v) is 14.0. The van der Waals surface area contributed by atoms with Crippen LogP contribution in [0.15, 0.2) is 109 Å². The first-order valence-electron chi connectivity index (χ1n) is 39.5. The fourth-order valence-electron chi connectivity index (χ4n) is 14.0. The van der Waals surface area contributed by atoms with Crippen molar-refractivity contribution in [3.63, 3.8) is 0 Å². The molecule has 3 fully saturated rings. The summed E-state index contributed by atoms with van der Waals surface area (Å²) in [5.74, 6) is -12.5. The minimum Gasteiger partial charge on any atom is -0.508 e. The average molecular weight is 1580 g/mol. The molecule has 0 bridgehead atoms. The van der Waals surface area contributed by atoms with Crippen molar-refractivity contribution in [1.82, 2.24) is 62.7 Å². The Balaban J connectivity index is 1.07. The number of hydrogen-bond donors (Lipinski definition) is 14.